The summed E-state index contributed by atoms with van der Waals surface area (Å²) in [6.45, 7) is 9.63. The van der Waals surface area contributed by atoms with Crippen LogP contribution in [0.15, 0.2) is 53.7 Å². The van der Waals surface area contributed by atoms with Crippen molar-refractivity contribution in [2.75, 3.05) is 0 Å². The van der Waals surface area contributed by atoms with Gasteiger partial charge in [-0.1, -0.05) is 71.2 Å². The molecule has 0 amide bonds. The van der Waals surface area contributed by atoms with Crippen LogP contribution in [0.5, 0.6) is 0 Å². The van der Waals surface area contributed by atoms with Crippen LogP contribution in [0.4, 0.5) is 0 Å². The first-order valence-corrected chi connectivity index (χ1v) is 13.9. The van der Waals surface area contributed by atoms with Crippen molar-refractivity contribution in [3.63, 3.8) is 0 Å². The van der Waals surface area contributed by atoms with Crippen LogP contribution in [0.3, 0.4) is 0 Å². The molecule has 3 aromatic heterocycles. The number of H-pyrrole nitrogens is 1. The summed E-state index contributed by atoms with van der Waals surface area (Å²) in [7, 11) is 0. The van der Waals surface area contributed by atoms with E-state index in [9.17, 15) is 4.79 Å². The van der Waals surface area contributed by atoms with Crippen LogP contribution in [-0.4, -0.2) is 34.7 Å². The zero-order valence-corrected chi connectivity index (χ0v) is 23.0. The number of nitrogens with zero attached hydrogens (tertiary/aromatic N) is 6. The molecule has 1 N–H and O–H groups in total. The lowest BCUT2D eigenvalue weighted by Crippen LogP contribution is -2.38. The summed E-state index contributed by atoms with van der Waals surface area (Å²) in [6.07, 6.45) is 13.5. The van der Waals surface area contributed by atoms with Gasteiger partial charge in [0.2, 0.25) is 5.82 Å². The van der Waals surface area contributed by atoms with Crippen LogP contribution in [0, 0.1) is 11.3 Å². The van der Waals surface area contributed by atoms with Crippen LogP contribution in [-0.2, 0) is 13.0 Å². The highest BCUT2D eigenvalue weighted by molar-refractivity contribution is 5.81. The molecule has 2 atom stereocenters. The molecule has 1 fully saturated rings. The molecule has 4 aromatic rings. The van der Waals surface area contributed by atoms with Gasteiger partial charge in [0.15, 0.2) is 0 Å². The minimum atomic E-state index is 0.0958. The fourth-order valence-electron chi connectivity index (χ4n) is 6.14. The van der Waals surface area contributed by atoms with Gasteiger partial charge in [0, 0.05) is 35.9 Å². The average Bonchev–Trinajstić information content (AvgIpc) is 3.56. The molecule has 0 spiro atoms. The number of rotatable bonds is 8. The summed E-state index contributed by atoms with van der Waals surface area (Å²) >= 11 is 0. The SMILES string of the molecule is CCCCc1cn(C2CCCCC2C(C)(C)C)c(=O)n1Cc1cnccc1-c1ccccc1-c1nn[nH]n1. The Hall–Kier alpha value is -3.55. The van der Waals surface area contributed by atoms with Crippen molar-refractivity contribution in [3.05, 3.63) is 70.7 Å². The average molecular weight is 514 g/mol. The number of tetrazole rings is 1. The van der Waals surface area contributed by atoms with Gasteiger partial charge in [0.05, 0.1) is 6.54 Å². The van der Waals surface area contributed by atoms with Gasteiger partial charge in [-0.05, 0) is 65.0 Å². The first kappa shape index (κ1) is 26.1. The van der Waals surface area contributed by atoms with Gasteiger partial charge in [-0.15, -0.1) is 10.2 Å². The van der Waals surface area contributed by atoms with Gasteiger partial charge in [0.25, 0.3) is 0 Å². The number of pyridine rings is 1. The topological polar surface area (TPSA) is 94.3 Å². The van der Waals surface area contributed by atoms with Crippen LogP contribution in [0.2, 0.25) is 0 Å². The Morgan fingerprint density at radius 1 is 1.05 bits per heavy atom. The number of aromatic amines is 1. The van der Waals surface area contributed by atoms with Crippen LogP contribution in [0.1, 0.15) is 83.5 Å². The molecule has 38 heavy (non-hydrogen) atoms. The van der Waals surface area contributed by atoms with E-state index in [2.05, 4.69) is 70.1 Å². The van der Waals surface area contributed by atoms with E-state index in [-0.39, 0.29) is 17.1 Å². The van der Waals surface area contributed by atoms with E-state index >= 15 is 0 Å². The van der Waals surface area contributed by atoms with Crippen molar-refractivity contribution < 1.29 is 0 Å². The molecule has 0 aliphatic heterocycles. The quantitative estimate of drug-likeness (QED) is 0.309. The first-order valence-electron chi connectivity index (χ1n) is 13.9. The molecule has 8 nitrogen and oxygen atoms in total. The number of hydrogen-bond donors (Lipinski definition) is 1. The number of imidazole rings is 1. The molecular formula is C30H39N7O. The Kier molecular flexibility index (Phi) is 7.58. The molecule has 0 radical (unpaired) electrons. The zero-order chi connectivity index (χ0) is 26.7. The molecule has 5 rings (SSSR count). The summed E-state index contributed by atoms with van der Waals surface area (Å²) in [5.74, 6) is 1.03. The fourth-order valence-corrected chi connectivity index (χ4v) is 6.14. The van der Waals surface area contributed by atoms with E-state index in [0.717, 1.165) is 53.6 Å². The van der Waals surface area contributed by atoms with Gasteiger partial charge in [0.1, 0.15) is 0 Å². The van der Waals surface area contributed by atoms with Gasteiger partial charge in [-0.25, -0.2) is 4.79 Å². The number of hydrogen-bond acceptors (Lipinski definition) is 5. The molecular weight excluding hydrogens is 474 g/mol. The highest BCUT2D eigenvalue weighted by Gasteiger charge is 2.36. The lowest BCUT2D eigenvalue weighted by Gasteiger charge is -2.40. The van der Waals surface area contributed by atoms with Gasteiger partial charge in [-0.3, -0.25) is 14.1 Å². The summed E-state index contributed by atoms with van der Waals surface area (Å²) in [5, 5.41) is 14.7. The molecule has 200 valence electrons. The van der Waals surface area contributed by atoms with Crippen LogP contribution >= 0.6 is 0 Å². The van der Waals surface area contributed by atoms with Crippen molar-refractivity contribution >= 4 is 0 Å². The highest BCUT2D eigenvalue weighted by atomic mass is 16.1. The second kappa shape index (κ2) is 11.1. The lowest BCUT2D eigenvalue weighted by atomic mass is 9.69. The third kappa shape index (κ3) is 5.22. The van der Waals surface area contributed by atoms with E-state index < -0.39 is 0 Å². The smallest absolute Gasteiger partial charge is 0.296 e. The summed E-state index contributed by atoms with van der Waals surface area (Å²) in [5.41, 5.74) is 5.26. The third-order valence-corrected chi connectivity index (χ3v) is 8.11. The monoisotopic (exact) mass is 513 g/mol. The molecule has 0 bridgehead atoms. The third-order valence-electron chi connectivity index (χ3n) is 8.11. The Labute approximate surface area is 224 Å². The number of nitrogens with one attached hydrogen (secondary N) is 1. The molecule has 1 aliphatic rings. The van der Waals surface area contributed by atoms with E-state index in [1.54, 1.807) is 6.20 Å². The zero-order valence-electron chi connectivity index (χ0n) is 23.0. The summed E-state index contributed by atoms with van der Waals surface area (Å²) in [4.78, 5) is 18.6. The molecule has 1 aromatic carbocycles. The number of aromatic nitrogens is 7. The minimum absolute atomic E-state index is 0.0958. The number of benzene rings is 1. The molecule has 3 heterocycles. The Morgan fingerprint density at radius 3 is 2.58 bits per heavy atom. The lowest BCUT2D eigenvalue weighted by molar-refractivity contribution is 0.111. The summed E-state index contributed by atoms with van der Waals surface area (Å²) in [6, 6.07) is 10.3. The van der Waals surface area contributed by atoms with E-state index in [1.165, 1.54) is 19.3 Å². The van der Waals surface area contributed by atoms with Crippen molar-refractivity contribution in [2.24, 2.45) is 11.3 Å². The predicted molar refractivity (Wildman–Crippen MR) is 150 cm³/mol. The van der Waals surface area contributed by atoms with Crippen molar-refractivity contribution in [3.8, 4) is 22.5 Å². The summed E-state index contributed by atoms with van der Waals surface area (Å²) < 4.78 is 4.06. The normalized spacial score (nSPS) is 18.1. The van der Waals surface area contributed by atoms with Gasteiger partial charge in [-0.2, -0.15) is 5.21 Å². The molecule has 0 saturated heterocycles. The molecule has 1 aliphatic carbocycles. The molecule has 1 saturated carbocycles. The van der Waals surface area contributed by atoms with E-state index in [4.69, 9.17) is 0 Å². The Morgan fingerprint density at radius 2 is 1.84 bits per heavy atom. The van der Waals surface area contributed by atoms with Crippen molar-refractivity contribution in [1.82, 2.24) is 34.7 Å². The van der Waals surface area contributed by atoms with Crippen LogP contribution < -0.4 is 5.69 Å². The molecule has 2 unspecified atom stereocenters. The maximum atomic E-state index is 14.1. The van der Waals surface area contributed by atoms with Crippen molar-refractivity contribution in [1.29, 1.82) is 0 Å². The fraction of sp³-hybridized carbons (Fsp3) is 0.500. The predicted octanol–water partition coefficient (Wildman–Crippen LogP) is 6.06. The Balaban J connectivity index is 1.57. The molecule has 8 heteroatoms. The maximum Gasteiger partial charge on any atom is 0.328 e. The van der Waals surface area contributed by atoms with Gasteiger partial charge >= 0.3 is 5.69 Å². The largest absolute Gasteiger partial charge is 0.328 e. The highest BCUT2D eigenvalue weighted by Crippen LogP contribution is 2.44. The minimum Gasteiger partial charge on any atom is -0.296 e. The van der Waals surface area contributed by atoms with Crippen molar-refractivity contribution in [2.45, 2.75) is 85.2 Å². The number of aryl methyl sites for hydroxylation is 1. The standard InChI is InChI=1S/C30H39N7O/c1-5-6-11-22-20-37(27-15-10-9-14-26(27)30(2,3)4)29(38)36(22)19-21-18-31-17-16-23(21)24-12-7-8-13-25(24)28-32-34-35-33-28/h7-8,12-13,16-18,20,26-27H,5-6,9-11,14-15,19H2,1-4H3,(H,32,33,34,35). The first-order chi connectivity index (χ1) is 18.4. The van der Waals surface area contributed by atoms with Crippen LogP contribution in [0.25, 0.3) is 22.5 Å². The Bertz CT molecular complexity index is 1410. The second-order valence-corrected chi connectivity index (χ2v) is 11.6. The van der Waals surface area contributed by atoms with E-state index in [1.807, 2.05) is 35.0 Å². The van der Waals surface area contributed by atoms with E-state index in [0.29, 0.717) is 18.3 Å². The maximum absolute atomic E-state index is 14.1. The number of unbranched alkanes of at least 4 members (excludes halogenated alkanes) is 1. The van der Waals surface area contributed by atoms with Gasteiger partial charge < -0.3 is 0 Å². The second-order valence-electron chi connectivity index (χ2n) is 11.6.